The monoisotopic (exact) mass is 301 g/mol. The van der Waals surface area contributed by atoms with E-state index in [0.29, 0.717) is 17.1 Å². The van der Waals surface area contributed by atoms with Crippen LogP contribution in [0.4, 0.5) is 8.78 Å². The van der Waals surface area contributed by atoms with E-state index in [-0.39, 0.29) is 6.54 Å². The number of carboxylic acid groups (broad SMARTS) is 1. The summed E-state index contributed by atoms with van der Waals surface area (Å²) in [5.74, 6) is -3.19. The molecule has 0 spiro atoms. The minimum Gasteiger partial charge on any atom is -0.493 e. The van der Waals surface area contributed by atoms with Crippen LogP contribution in [0.3, 0.4) is 0 Å². The van der Waals surface area contributed by atoms with Crippen LogP contribution in [0.15, 0.2) is 18.2 Å². The molecule has 0 amide bonds. The molecular weight excluding hydrogens is 284 g/mol. The number of ether oxygens (including phenoxy) is 2. The Bertz CT molecular complexity index is 536. The number of carbonyl (C=O) groups is 1. The molecule has 0 unspecified atom stereocenters. The molecule has 1 atom stereocenters. The third kappa shape index (κ3) is 3.41. The molecule has 0 aliphatic carbocycles. The molecule has 1 fully saturated rings. The molecule has 1 aliphatic rings. The van der Waals surface area contributed by atoms with Gasteiger partial charge in [0.2, 0.25) is 0 Å². The van der Waals surface area contributed by atoms with Crippen molar-refractivity contribution in [3.63, 3.8) is 0 Å². The van der Waals surface area contributed by atoms with Gasteiger partial charge < -0.3 is 14.6 Å². The molecule has 1 aromatic rings. The third-order valence-electron chi connectivity index (χ3n) is 3.49. The maximum Gasteiger partial charge on any atom is 0.321 e. The van der Waals surface area contributed by atoms with Crippen LogP contribution >= 0.6 is 0 Å². The van der Waals surface area contributed by atoms with Crippen LogP contribution in [-0.4, -0.2) is 48.7 Å². The van der Waals surface area contributed by atoms with Crippen molar-refractivity contribution in [2.24, 2.45) is 0 Å². The second-order valence-corrected chi connectivity index (χ2v) is 5.01. The van der Waals surface area contributed by atoms with E-state index in [1.54, 1.807) is 18.2 Å². The quantitative estimate of drug-likeness (QED) is 0.901. The third-order valence-corrected chi connectivity index (χ3v) is 3.49. The lowest BCUT2D eigenvalue weighted by atomic mass is 10.1. The Hall–Kier alpha value is -1.89. The molecule has 5 nitrogen and oxygen atoms in total. The predicted octanol–water partition coefficient (Wildman–Crippen LogP) is 2.00. The first-order chi connectivity index (χ1) is 9.86. The molecule has 21 heavy (non-hydrogen) atoms. The van der Waals surface area contributed by atoms with E-state index in [1.807, 2.05) is 0 Å². The highest BCUT2D eigenvalue weighted by Gasteiger charge is 2.47. The molecule has 1 aromatic carbocycles. The molecule has 1 N–H and O–H groups in total. The van der Waals surface area contributed by atoms with Crippen molar-refractivity contribution >= 4 is 5.97 Å². The molecule has 0 saturated carbocycles. The number of hydrogen-bond acceptors (Lipinski definition) is 4. The number of methoxy groups -OCH3 is 2. The SMILES string of the molecule is COc1ccc(CN2CC(F)(F)C[C@@H]2C(=O)O)cc1OC. The molecule has 1 saturated heterocycles. The van der Waals surface area contributed by atoms with Crippen LogP contribution in [0.25, 0.3) is 0 Å². The van der Waals surface area contributed by atoms with Gasteiger partial charge in [-0.1, -0.05) is 6.07 Å². The van der Waals surface area contributed by atoms with Gasteiger partial charge in [0, 0.05) is 13.0 Å². The van der Waals surface area contributed by atoms with Crippen LogP contribution in [0, 0.1) is 0 Å². The lowest BCUT2D eigenvalue weighted by molar-refractivity contribution is -0.142. The number of carboxylic acids is 1. The number of nitrogens with zero attached hydrogens (tertiary/aromatic N) is 1. The summed E-state index contributed by atoms with van der Waals surface area (Å²) in [4.78, 5) is 12.4. The van der Waals surface area contributed by atoms with Crippen LogP contribution in [0.5, 0.6) is 11.5 Å². The minimum atomic E-state index is -2.97. The van der Waals surface area contributed by atoms with E-state index in [4.69, 9.17) is 14.6 Å². The van der Waals surface area contributed by atoms with Crippen molar-refractivity contribution < 1.29 is 28.2 Å². The van der Waals surface area contributed by atoms with Gasteiger partial charge in [0.05, 0.1) is 20.8 Å². The van der Waals surface area contributed by atoms with E-state index in [0.717, 1.165) is 0 Å². The normalized spacial score (nSPS) is 21.2. The van der Waals surface area contributed by atoms with Crippen molar-refractivity contribution in [3.05, 3.63) is 23.8 Å². The second kappa shape index (κ2) is 5.85. The number of aliphatic carboxylic acids is 1. The topological polar surface area (TPSA) is 59.0 Å². The second-order valence-electron chi connectivity index (χ2n) is 5.01. The van der Waals surface area contributed by atoms with Crippen molar-refractivity contribution in [2.45, 2.75) is 24.9 Å². The highest BCUT2D eigenvalue weighted by molar-refractivity contribution is 5.74. The number of rotatable bonds is 5. The van der Waals surface area contributed by atoms with Gasteiger partial charge in [-0.2, -0.15) is 0 Å². The fourth-order valence-corrected chi connectivity index (χ4v) is 2.51. The van der Waals surface area contributed by atoms with E-state index in [9.17, 15) is 13.6 Å². The maximum absolute atomic E-state index is 13.4. The standard InChI is InChI=1S/C14H17F2NO4/c1-20-11-4-3-9(5-12(11)21-2)7-17-8-14(15,16)6-10(17)13(18)19/h3-5,10H,6-8H2,1-2H3,(H,18,19)/t10-/m1/s1. The van der Waals surface area contributed by atoms with Crippen LogP contribution in [0.2, 0.25) is 0 Å². The molecule has 0 bridgehead atoms. The lowest BCUT2D eigenvalue weighted by Gasteiger charge is -2.21. The Kier molecular flexibility index (Phi) is 4.32. The molecule has 116 valence electrons. The molecule has 2 rings (SSSR count). The van der Waals surface area contributed by atoms with Crippen molar-refractivity contribution in [1.82, 2.24) is 4.90 Å². The Morgan fingerprint density at radius 3 is 2.62 bits per heavy atom. The summed E-state index contributed by atoms with van der Waals surface area (Å²) >= 11 is 0. The van der Waals surface area contributed by atoms with Gasteiger partial charge >= 0.3 is 5.97 Å². The largest absolute Gasteiger partial charge is 0.493 e. The van der Waals surface area contributed by atoms with Crippen LogP contribution in [0.1, 0.15) is 12.0 Å². The zero-order valence-corrected chi connectivity index (χ0v) is 11.8. The van der Waals surface area contributed by atoms with Crippen molar-refractivity contribution in [1.29, 1.82) is 0 Å². The fourth-order valence-electron chi connectivity index (χ4n) is 2.51. The number of halogens is 2. The van der Waals surface area contributed by atoms with Crippen LogP contribution < -0.4 is 9.47 Å². The fraction of sp³-hybridized carbons (Fsp3) is 0.500. The minimum absolute atomic E-state index is 0.118. The highest BCUT2D eigenvalue weighted by atomic mass is 19.3. The first-order valence-electron chi connectivity index (χ1n) is 6.42. The molecule has 1 heterocycles. The number of benzene rings is 1. The first-order valence-corrected chi connectivity index (χ1v) is 6.42. The smallest absolute Gasteiger partial charge is 0.321 e. The molecule has 7 heteroatoms. The van der Waals surface area contributed by atoms with Crippen molar-refractivity contribution in [3.8, 4) is 11.5 Å². The summed E-state index contributed by atoms with van der Waals surface area (Å²) in [6, 6.07) is 3.86. The van der Waals surface area contributed by atoms with Gasteiger partial charge in [-0.25, -0.2) is 8.78 Å². The van der Waals surface area contributed by atoms with Gasteiger partial charge in [-0.15, -0.1) is 0 Å². The zero-order chi connectivity index (χ0) is 15.6. The van der Waals surface area contributed by atoms with E-state index >= 15 is 0 Å². The Morgan fingerprint density at radius 1 is 1.38 bits per heavy atom. The Balaban J connectivity index is 2.19. The summed E-state index contributed by atoms with van der Waals surface area (Å²) in [5, 5.41) is 9.06. The molecule has 0 aromatic heterocycles. The van der Waals surface area contributed by atoms with Crippen molar-refractivity contribution in [2.75, 3.05) is 20.8 Å². The highest BCUT2D eigenvalue weighted by Crippen LogP contribution is 2.34. The molecule has 0 radical (unpaired) electrons. The lowest BCUT2D eigenvalue weighted by Crippen LogP contribution is -2.35. The molecular formula is C14H17F2NO4. The number of likely N-dealkylation sites (tertiary alicyclic amines) is 1. The van der Waals surface area contributed by atoms with Gasteiger partial charge in [-0.3, -0.25) is 9.69 Å². The predicted molar refractivity (Wildman–Crippen MR) is 70.9 cm³/mol. The average Bonchev–Trinajstić information content (AvgIpc) is 2.73. The summed E-state index contributed by atoms with van der Waals surface area (Å²) < 4.78 is 37.1. The van der Waals surface area contributed by atoms with E-state index < -0.39 is 30.9 Å². The molecule has 1 aliphatic heterocycles. The summed E-state index contributed by atoms with van der Waals surface area (Å²) in [6.45, 7) is -0.439. The Labute approximate surface area is 121 Å². The average molecular weight is 301 g/mol. The van der Waals surface area contributed by atoms with Gasteiger partial charge in [0.25, 0.3) is 5.92 Å². The Morgan fingerprint density at radius 2 is 2.05 bits per heavy atom. The number of hydrogen-bond donors (Lipinski definition) is 1. The maximum atomic E-state index is 13.4. The summed E-state index contributed by atoms with van der Waals surface area (Å²) in [6.07, 6.45) is -0.657. The van der Waals surface area contributed by atoms with Gasteiger partial charge in [0.1, 0.15) is 6.04 Å². The van der Waals surface area contributed by atoms with E-state index in [1.165, 1.54) is 19.1 Å². The first kappa shape index (κ1) is 15.5. The summed E-state index contributed by atoms with van der Waals surface area (Å²) in [5.41, 5.74) is 0.691. The van der Waals surface area contributed by atoms with Crippen LogP contribution in [-0.2, 0) is 11.3 Å². The van der Waals surface area contributed by atoms with E-state index in [2.05, 4.69) is 0 Å². The summed E-state index contributed by atoms with van der Waals surface area (Å²) in [7, 11) is 2.98. The van der Waals surface area contributed by atoms with Gasteiger partial charge in [-0.05, 0) is 17.7 Å². The zero-order valence-electron chi connectivity index (χ0n) is 11.8. The number of alkyl halides is 2. The van der Waals surface area contributed by atoms with Gasteiger partial charge in [0.15, 0.2) is 11.5 Å².